The van der Waals surface area contributed by atoms with Crippen LogP contribution in [-0.4, -0.2) is 15.5 Å². The molecule has 0 saturated carbocycles. The zero-order valence-electron chi connectivity index (χ0n) is 21.3. The summed E-state index contributed by atoms with van der Waals surface area (Å²) in [6.45, 7) is 10.5. The van der Waals surface area contributed by atoms with Gasteiger partial charge in [0, 0.05) is 46.5 Å². The van der Waals surface area contributed by atoms with Crippen LogP contribution in [0.3, 0.4) is 0 Å². The summed E-state index contributed by atoms with van der Waals surface area (Å²) >= 11 is 0. The lowest BCUT2D eigenvalue weighted by molar-refractivity contribution is 0.0952. The van der Waals surface area contributed by atoms with Crippen molar-refractivity contribution in [2.75, 3.05) is 0 Å². The van der Waals surface area contributed by atoms with Crippen LogP contribution in [-0.2, 0) is 13.1 Å². The summed E-state index contributed by atoms with van der Waals surface area (Å²) in [5.74, 6) is 4.95. The maximum atomic E-state index is 13.6. The van der Waals surface area contributed by atoms with Crippen LogP contribution >= 0.6 is 0 Å². The minimum Gasteiger partial charge on any atom is -0.348 e. The number of aromatic nitrogens is 2. The van der Waals surface area contributed by atoms with Gasteiger partial charge in [0.2, 0.25) is 0 Å². The molecule has 0 unspecified atom stereocenters. The number of H-pyrrole nitrogens is 1. The van der Waals surface area contributed by atoms with E-state index >= 15 is 0 Å². The van der Waals surface area contributed by atoms with Crippen LogP contribution in [0.25, 0.3) is 22.0 Å². The van der Waals surface area contributed by atoms with E-state index in [9.17, 15) is 9.59 Å². The molecular weight excluding hydrogens is 452 g/mol. The maximum absolute atomic E-state index is 13.6. The molecule has 4 rings (SSSR count). The number of nitrogens with two attached hydrogens (primary N) is 1. The highest BCUT2D eigenvalue weighted by Crippen LogP contribution is 2.33. The number of rotatable bonds is 7. The molecule has 0 spiro atoms. The van der Waals surface area contributed by atoms with Crippen LogP contribution in [0.1, 0.15) is 58.2 Å². The van der Waals surface area contributed by atoms with Crippen LogP contribution in [0.5, 0.6) is 0 Å². The van der Waals surface area contributed by atoms with Crippen LogP contribution in [0.2, 0.25) is 0 Å². The summed E-state index contributed by atoms with van der Waals surface area (Å²) in [5.41, 5.74) is 7.47. The van der Waals surface area contributed by atoms with Gasteiger partial charge in [-0.1, -0.05) is 23.4 Å². The van der Waals surface area contributed by atoms with Gasteiger partial charge < -0.3 is 20.7 Å². The molecule has 0 aliphatic heterocycles. The number of aromatic amines is 1. The summed E-state index contributed by atoms with van der Waals surface area (Å²) in [5, 5.41) is 11.1. The normalized spacial score (nSPS) is 11.6. The molecule has 0 bridgehead atoms. The van der Waals surface area contributed by atoms with Crippen molar-refractivity contribution < 1.29 is 4.79 Å². The Balaban J connectivity index is 1.80. The van der Waals surface area contributed by atoms with E-state index in [-0.39, 0.29) is 24.1 Å². The second kappa shape index (κ2) is 10.2. The van der Waals surface area contributed by atoms with Crippen molar-refractivity contribution in [1.82, 2.24) is 14.9 Å². The quantitative estimate of drug-likeness (QED) is 0.189. The second-order valence-corrected chi connectivity index (χ2v) is 9.47. The predicted octanol–water partition coefficient (Wildman–Crippen LogP) is 5.26. The average molecular weight is 485 g/mol. The van der Waals surface area contributed by atoms with Crippen molar-refractivity contribution in [3.8, 4) is 11.1 Å². The number of hydrogen-bond donors (Lipinski definition) is 3. The number of benzene rings is 2. The Labute approximate surface area is 210 Å². The first-order valence-electron chi connectivity index (χ1n) is 12.0. The molecule has 8 heteroatoms. The number of carbonyl (C=O) groups excluding carboxylic acids is 1. The Bertz CT molecular complexity index is 1530. The van der Waals surface area contributed by atoms with Crippen molar-refractivity contribution in [1.29, 1.82) is 0 Å². The lowest BCUT2D eigenvalue weighted by atomic mass is 9.97. The third-order valence-electron chi connectivity index (χ3n) is 6.44. The summed E-state index contributed by atoms with van der Waals surface area (Å²) in [6.07, 6.45) is 2.09. The predicted molar refractivity (Wildman–Crippen MR) is 143 cm³/mol. The van der Waals surface area contributed by atoms with E-state index in [0.717, 1.165) is 44.4 Å². The molecule has 4 aromatic rings. The van der Waals surface area contributed by atoms with Gasteiger partial charge in [-0.25, -0.2) is 0 Å². The van der Waals surface area contributed by atoms with Crippen molar-refractivity contribution in [2.24, 2.45) is 16.2 Å². The Hall–Kier alpha value is -4.20. The van der Waals surface area contributed by atoms with E-state index in [2.05, 4.69) is 51.3 Å². The Morgan fingerprint density at radius 1 is 1.08 bits per heavy atom. The van der Waals surface area contributed by atoms with Crippen LogP contribution < -0.4 is 16.7 Å². The molecule has 0 fully saturated rings. The Morgan fingerprint density at radius 2 is 1.86 bits per heavy atom. The zero-order valence-corrected chi connectivity index (χ0v) is 21.3. The molecule has 186 valence electrons. The largest absolute Gasteiger partial charge is 0.348 e. The van der Waals surface area contributed by atoms with Gasteiger partial charge in [-0.3, -0.25) is 9.59 Å². The topological polar surface area (TPSA) is 118 Å². The van der Waals surface area contributed by atoms with E-state index < -0.39 is 0 Å². The number of aryl methyl sites for hydroxylation is 3. The SMILES string of the molecule is Cc1cc(C)c(CNC(=O)c2cc(-c3cccc(CN=NN)c3)cc3c2c(C)cn3C(C)C)c(=O)[nH]1. The van der Waals surface area contributed by atoms with Crippen molar-refractivity contribution in [3.05, 3.63) is 92.5 Å². The van der Waals surface area contributed by atoms with Gasteiger partial charge in [-0.2, -0.15) is 5.11 Å². The van der Waals surface area contributed by atoms with Gasteiger partial charge >= 0.3 is 0 Å². The smallest absolute Gasteiger partial charge is 0.253 e. The maximum Gasteiger partial charge on any atom is 0.253 e. The number of fused-ring (bicyclic) bond motifs is 1. The molecule has 8 nitrogen and oxygen atoms in total. The first-order valence-corrected chi connectivity index (χ1v) is 12.0. The molecule has 0 saturated heterocycles. The fraction of sp³-hybridized carbons (Fsp3) is 0.286. The molecule has 2 aromatic heterocycles. The number of carbonyl (C=O) groups is 1. The third kappa shape index (κ3) is 4.93. The van der Waals surface area contributed by atoms with Crippen molar-refractivity contribution in [2.45, 2.75) is 53.8 Å². The molecule has 0 aliphatic carbocycles. The van der Waals surface area contributed by atoms with Gasteiger partial charge in [0.25, 0.3) is 11.5 Å². The van der Waals surface area contributed by atoms with Gasteiger partial charge in [0.05, 0.1) is 6.54 Å². The average Bonchev–Trinajstić information content (AvgIpc) is 3.18. The number of amides is 1. The van der Waals surface area contributed by atoms with Gasteiger partial charge in [-0.05, 0) is 86.7 Å². The summed E-state index contributed by atoms with van der Waals surface area (Å²) in [7, 11) is 0. The highest BCUT2D eigenvalue weighted by molar-refractivity contribution is 6.09. The van der Waals surface area contributed by atoms with Crippen LogP contribution in [0.15, 0.2) is 63.8 Å². The zero-order chi connectivity index (χ0) is 26.0. The minimum atomic E-state index is -0.223. The minimum absolute atomic E-state index is 0.148. The van der Waals surface area contributed by atoms with E-state index in [4.69, 9.17) is 5.84 Å². The molecule has 0 radical (unpaired) electrons. The molecule has 1 amide bonds. The lowest BCUT2D eigenvalue weighted by Crippen LogP contribution is -2.28. The Kier molecular flexibility index (Phi) is 7.05. The molecule has 4 N–H and O–H groups in total. The molecule has 36 heavy (non-hydrogen) atoms. The highest BCUT2D eigenvalue weighted by Gasteiger charge is 2.19. The third-order valence-corrected chi connectivity index (χ3v) is 6.44. The van der Waals surface area contributed by atoms with Crippen LogP contribution in [0, 0.1) is 20.8 Å². The summed E-state index contributed by atoms with van der Waals surface area (Å²) in [4.78, 5) is 28.9. The molecule has 2 aromatic carbocycles. The fourth-order valence-corrected chi connectivity index (χ4v) is 4.70. The molecule has 2 heterocycles. The van der Waals surface area contributed by atoms with E-state index in [1.165, 1.54) is 0 Å². The molecular formula is C28H32N6O2. The van der Waals surface area contributed by atoms with Crippen molar-refractivity contribution in [3.63, 3.8) is 0 Å². The number of nitrogens with one attached hydrogen (secondary N) is 2. The standard InChI is InChI=1S/C28H32N6O2/c1-16(2)34-15-18(4)26-23(27(35)30-14-24-17(3)9-19(5)32-28(24)36)11-22(12-25(26)34)21-8-6-7-20(10-21)13-31-33-29/h6-12,15-16H,13-14H2,1-5H3,(H2,29,31)(H,30,35)(H,32,36). The monoisotopic (exact) mass is 484 g/mol. The van der Waals surface area contributed by atoms with Gasteiger partial charge in [0.1, 0.15) is 0 Å². The Morgan fingerprint density at radius 3 is 2.56 bits per heavy atom. The highest BCUT2D eigenvalue weighted by atomic mass is 16.1. The number of pyridine rings is 1. The first kappa shape index (κ1) is 24.9. The first-order chi connectivity index (χ1) is 17.2. The van der Waals surface area contributed by atoms with E-state index in [0.29, 0.717) is 17.7 Å². The van der Waals surface area contributed by atoms with Crippen LogP contribution in [0.4, 0.5) is 0 Å². The van der Waals surface area contributed by atoms with Gasteiger partial charge in [-0.15, -0.1) is 0 Å². The lowest BCUT2D eigenvalue weighted by Gasteiger charge is -2.14. The number of hydrogen-bond acceptors (Lipinski definition) is 4. The second-order valence-electron chi connectivity index (χ2n) is 9.47. The van der Waals surface area contributed by atoms with E-state index in [1.807, 2.05) is 57.2 Å². The summed E-state index contributed by atoms with van der Waals surface area (Å²) < 4.78 is 2.19. The van der Waals surface area contributed by atoms with Crippen molar-refractivity contribution >= 4 is 16.8 Å². The van der Waals surface area contributed by atoms with E-state index in [1.54, 1.807) is 0 Å². The van der Waals surface area contributed by atoms with Gasteiger partial charge in [0.15, 0.2) is 0 Å². The molecule has 0 aliphatic rings. The molecule has 0 atom stereocenters. The summed E-state index contributed by atoms with van der Waals surface area (Å²) in [6, 6.07) is 14.1. The fourth-order valence-electron chi connectivity index (χ4n) is 4.70. The number of nitrogens with zero attached hydrogens (tertiary/aromatic N) is 3.